The molecule has 1 heterocycles. The molecule has 0 aliphatic carbocycles. The number of carboxylic acid groups (broad SMARTS) is 1. The number of benzene rings is 3. The molecule has 1 atom stereocenters. The summed E-state index contributed by atoms with van der Waals surface area (Å²) in [6.45, 7) is 0.682. The first kappa shape index (κ1) is 24.1. The number of methoxy groups -OCH3 is 1. The molecule has 0 amide bonds. The molecule has 8 heteroatoms. The van der Waals surface area contributed by atoms with Crippen molar-refractivity contribution < 1.29 is 19.4 Å². The van der Waals surface area contributed by atoms with Gasteiger partial charge in [-0.15, -0.1) is 0 Å². The Hall–Kier alpha value is -3.00. The van der Waals surface area contributed by atoms with Gasteiger partial charge in [0, 0.05) is 35.1 Å². The van der Waals surface area contributed by atoms with Crippen LogP contribution >= 0.6 is 27.5 Å². The molecule has 0 radical (unpaired) electrons. The Kier molecular flexibility index (Phi) is 7.77. The fraction of sp³-hybridized carbons (Fsp3) is 0.192. The molecule has 3 N–H and O–H groups in total. The van der Waals surface area contributed by atoms with Gasteiger partial charge in [-0.3, -0.25) is 4.79 Å². The van der Waals surface area contributed by atoms with Crippen molar-refractivity contribution in [2.45, 2.75) is 25.6 Å². The van der Waals surface area contributed by atoms with E-state index >= 15 is 0 Å². The maximum absolute atomic E-state index is 11.9. The molecule has 0 bridgehead atoms. The van der Waals surface area contributed by atoms with Gasteiger partial charge in [0.1, 0.15) is 12.6 Å². The van der Waals surface area contributed by atoms with Crippen LogP contribution < -0.4 is 14.8 Å². The number of halogens is 2. The normalized spacial score (nSPS) is 12.0. The first-order chi connectivity index (χ1) is 16.4. The molecule has 6 nitrogen and oxygen atoms in total. The smallest absolute Gasteiger partial charge is 0.321 e. The number of aromatic nitrogens is 1. The number of fused-ring (bicyclic) bond motifs is 1. The summed E-state index contributed by atoms with van der Waals surface area (Å²) in [6, 6.07) is 18.3. The van der Waals surface area contributed by atoms with Gasteiger partial charge in [0.15, 0.2) is 11.5 Å². The highest BCUT2D eigenvalue weighted by molar-refractivity contribution is 9.10. The lowest BCUT2D eigenvalue weighted by atomic mass is 10.0. The summed E-state index contributed by atoms with van der Waals surface area (Å²) in [5, 5.41) is 14.6. The van der Waals surface area contributed by atoms with Gasteiger partial charge in [0.05, 0.1) is 11.6 Å². The van der Waals surface area contributed by atoms with Gasteiger partial charge >= 0.3 is 5.97 Å². The predicted molar refractivity (Wildman–Crippen MR) is 137 cm³/mol. The lowest BCUT2D eigenvalue weighted by Crippen LogP contribution is -2.38. The Morgan fingerprint density at radius 2 is 1.97 bits per heavy atom. The van der Waals surface area contributed by atoms with E-state index in [2.05, 4.69) is 26.2 Å². The van der Waals surface area contributed by atoms with Gasteiger partial charge in [-0.05, 0) is 63.0 Å². The lowest BCUT2D eigenvalue weighted by molar-refractivity contribution is -0.139. The Bertz CT molecular complexity index is 1310. The van der Waals surface area contributed by atoms with Crippen molar-refractivity contribution in [1.82, 2.24) is 10.3 Å². The van der Waals surface area contributed by atoms with Crippen LogP contribution in [0.3, 0.4) is 0 Å². The number of aromatic amines is 1. The second-order valence-corrected chi connectivity index (χ2v) is 9.15. The van der Waals surface area contributed by atoms with E-state index < -0.39 is 12.0 Å². The zero-order chi connectivity index (χ0) is 24.1. The third-order valence-electron chi connectivity index (χ3n) is 5.51. The molecular weight excluding hydrogens is 520 g/mol. The van der Waals surface area contributed by atoms with Crippen LogP contribution in [0.5, 0.6) is 11.5 Å². The van der Waals surface area contributed by atoms with Crippen LogP contribution in [-0.4, -0.2) is 29.2 Å². The molecule has 176 valence electrons. The summed E-state index contributed by atoms with van der Waals surface area (Å²) in [4.78, 5) is 15.1. The first-order valence-electron chi connectivity index (χ1n) is 10.7. The minimum Gasteiger partial charge on any atom is -0.493 e. The largest absolute Gasteiger partial charge is 0.493 e. The Morgan fingerprint density at radius 3 is 2.74 bits per heavy atom. The maximum atomic E-state index is 11.9. The van der Waals surface area contributed by atoms with Crippen molar-refractivity contribution in [3.63, 3.8) is 0 Å². The van der Waals surface area contributed by atoms with E-state index in [0.717, 1.165) is 27.6 Å². The average Bonchev–Trinajstić information content (AvgIpc) is 3.23. The van der Waals surface area contributed by atoms with Gasteiger partial charge < -0.3 is 24.9 Å². The zero-order valence-corrected chi connectivity index (χ0v) is 20.8. The Balaban J connectivity index is 1.45. The van der Waals surface area contributed by atoms with Crippen molar-refractivity contribution in [3.05, 3.63) is 93.0 Å². The van der Waals surface area contributed by atoms with E-state index in [1.165, 1.54) is 0 Å². The van der Waals surface area contributed by atoms with Gasteiger partial charge in [-0.1, -0.05) is 41.9 Å². The predicted octanol–water partition coefficient (Wildman–Crippen LogP) is 5.96. The molecule has 0 saturated heterocycles. The molecule has 0 aliphatic rings. The fourth-order valence-electron chi connectivity index (χ4n) is 3.81. The number of H-pyrrole nitrogens is 1. The monoisotopic (exact) mass is 542 g/mol. The van der Waals surface area contributed by atoms with E-state index in [0.29, 0.717) is 40.6 Å². The standard InChI is InChI=1S/C26H24BrClN2O4/c1-33-24-11-17(10-21(27)25(24)34-15-16-5-4-6-19(28)9-16)13-29-23(26(31)32)12-18-14-30-22-8-3-2-7-20(18)22/h2-11,14,23,29-30H,12-13,15H2,1H3,(H,31,32)/t23-/m1/s1. The van der Waals surface area contributed by atoms with Crippen molar-refractivity contribution in [1.29, 1.82) is 0 Å². The summed E-state index contributed by atoms with van der Waals surface area (Å²) in [6.07, 6.45) is 2.23. The van der Waals surface area contributed by atoms with Crippen LogP contribution in [0.1, 0.15) is 16.7 Å². The van der Waals surface area contributed by atoms with E-state index in [4.69, 9.17) is 21.1 Å². The molecule has 0 aliphatic heterocycles. The minimum absolute atomic E-state index is 0.332. The van der Waals surface area contributed by atoms with E-state index in [9.17, 15) is 9.90 Å². The van der Waals surface area contributed by atoms with Crippen LogP contribution in [-0.2, 0) is 24.4 Å². The molecule has 0 saturated carbocycles. The number of carbonyl (C=O) groups is 1. The van der Waals surface area contributed by atoms with Gasteiger partial charge in [-0.2, -0.15) is 0 Å². The van der Waals surface area contributed by atoms with Crippen molar-refractivity contribution in [2.24, 2.45) is 0 Å². The Morgan fingerprint density at radius 1 is 1.15 bits per heavy atom. The van der Waals surface area contributed by atoms with Crippen LogP contribution in [0.4, 0.5) is 0 Å². The van der Waals surface area contributed by atoms with Crippen molar-refractivity contribution in [3.8, 4) is 11.5 Å². The highest BCUT2D eigenvalue weighted by Crippen LogP contribution is 2.37. The molecule has 4 aromatic rings. The number of aliphatic carboxylic acids is 1. The van der Waals surface area contributed by atoms with Crippen molar-refractivity contribution in [2.75, 3.05) is 7.11 Å². The number of hydrogen-bond acceptors (Lipinski definition) is 4. The quantitative estimate of drug-likeness (QED) is 0.230. The number of rotatable bonds is 10. The molecule has 4 rings (SSSR count). The summed E-state index contributed by atoms with van der Waals surface area (Å²) in [7, 11) is 1.57. The minimum atomic E-state index is -0.905. The van der Waals surface area contributed by atoms with E-state index in [1.807, 2.05) is 66.9 Å². The number of carboxylic acids is 1. The van der Waals surface area contributed by atoms with E-state index in [-0.39, 0.29) is 0 Å². The molecule has 3 aromatic carbocycles. The topological polar surface area (TPSA) is 83.6 Å². The number of hydrogen-bond donors (Lipinski definition) is 3. The highest BCUT2D eigenvalue weighted by atomic mass is 79.9. The molecule has 0 fully saturated rings. The Labute approximate surface area is 211 Å². The highest BCUT2D eigenvalue weighted by Gasteiger charge is 2.20. The van der Waals surface area contributed by atoms with Crippen molar-refractivity contribution >= 4 is 44.4 Å². The first-order valence-corrected chi connectivity index (χ1v) is 11.9. The average molecular weight is 544 g/mol. The number of para-hydroxylation sites is 1. The van der Waals surface area contributed by atoms with Crippen LogP contribution in [0.2, 0.25) is 5.02 Å². The second kappa shape index (κ2) is 11.0. The summed E-state index contributed by atoms with van der Waals surface area (Å²) in [5.74, 6) is 0.217. The summed E-state index contributed by atoms with van der Waals surface area (Å²) in [5.41, 5.74) is 3.75. The van der Waals surface area contributed by atoms with Crippen LogP contribution in [0.25, 0.3) is 10.9 Å². The van der Waals surface area contributed by atoms with Gasteiger partial charge in [0.2, 0.25) is 0 Å². The summed E-state index contributed by atoms with van der Waals surface area (Å²) >= 11 is 9.61. The van der Waals surface area contributed by atoms with Gasteiger partial charge in [0.25, 0.3) is 0 Å². The molecule has 0 unspecified atom stereocenters. The van der Waals surface area contributed by atoms with E-state index in [1.54, 1.807) is 7.11 Å². The molecule has 1 aromatic heterocycles. The van der Waals surface area contributed by atoms with Crippen LogP contribution in [0, 0.1) is 0 Å². The fourth-order valence-corrected chi connectivity index (χ4v) is 4.62. The number of ether oxygens (including phenoxy) is 2. The summed E-state index contributed by atoms with van der Waals surface area (Å²) < 4.78 is 12.2. The van der Waals surface area contributed by atoms with Gasteiger partial charge in [-0.25, -0.2) is 0 Å². The second-order valence-electron chi connectivity index (χ2n) is 7.86. The maximum Gasteiger partial charge on any atom is 0.321 e. The SMILES string of the molecule is COc1cc(CN[C@H](Cc2c[nH]c3ccccc23)C(=O)O)cc(Br)c1OCc1cccc(Cl)c1. The third kappa shape index (κ3) is 5.73. The molecule has 34 heavy (non-hydrogen) atoms. The molecule has 0 spiro atoms. The number of nitrogens with one attached hydrogen (secondary N) is 2. The third-order valence-corrected chi connectivity index (χ3v) is 6.34. The zero-order valence-electron chi connectivity index (χ0n) is 18.5. The lowest BCUT2D eigenvalue weighted by Gasteiger charge is -2.17. The molecular formula is C26H24BrClN2O4. The van der Waals surface area contributed by atoms with Crippen LogP contribution in [0.15, 0.2) is 71.3 Å².